The molecule has 0 aliphatic carbocycles. The standard InChI is InChI=1S/C34H62O10/c1-3-5-7-9-11-13-15-17-19-21-23-30(37)43-27(26-42-34-33(40)32(39)31(38)28(24-35)44-34)25-41-29(36)22-20-18-16-14-12-10-8-6-4-2/h7,9,27-28,31-35,38-40H,3-6,8,10-26H2,1-2H3/b9-7-. The third kappa shape index (κ3) is 19.1. The fourth-order valence-electron chi connectivity index (χ4n) is 5.07. The maximum Gasteiger partial charge on any atom is 0.306 e. The van der Waals surface area contributed by atoms with Crippen molar-refractivity contribution in [1.29, 1.82) is 0 Å². The van der Waals surface area contributed by atoms with E-state index in [-0.39, 0.29) is 32.0 Å². The summed E-state index contributed by atoms with van der Waals surface area (Å²) >= 11 is 0. The minimum atomic E-state index is -1.59. The molecule has 0 radical (unpaired) electrons. The van der Waals surface area contributed by atoms with Crippen LogP contribution in [-0.4, -0.2) is 89.0 Å². The van der Waals surface area contributed by atoms with Gasteiger partial charge < -0.3 is 39.4 Å². The van der Waals surface area contributed by atoms with Gasteiger partial charge in [-0.2, -0.15) is 0 Å². The maximum absolute atomic E-state index is 12.6. The van der Waals surface area contributed by atoms with Gasteiger partial charge in [0, 0.05) is 12.8 Å². The number of aliphatic hydroxyl groups is 4. The Balaban J connectivity index is 2.46. The molecule has 1 aliphatic heterocycles. The van der Waals surface area contributed by atoms with Gasteiger partial charge in [0.1, 0.15) is 31.0 Å². The largest absolute Gasteiger partial charge is 0.462 e. The summed E-state index contributed by atoms with van der Waals surface area (Å²) in [6.45, 7) is 3.29. The van der Waals surface area contributed by atoms with E-state index in [9.17, 15) is 30.0 Å². The van der Waals surface area contributed by atoms with Gasteiger partial charge in [-0.3, -0.25) is 9.59 Å². The van der Waals surface area contributed by atoms with E-state index >= 15 is 0 Å². The van der Waals surface area contributed by atoms with Crippen LogP contribution >= 0.6 is 0 Å². The van der Waals surface area contributed by atoms with E-state index in [1.54, 1.807) is 0 Å². The normalized spacial score (nSPS) is 22.7. The lowest BCUT2D eigenvalue weighted by molar-refractivity contribution is -0.305. The van der Waals surface area contributed by atoms with E-state index in [2.05, 4.69) is 26.0 Å². The summed E-state index contributed by atoms with van der Waals surface area (Å²) in [6.07, 6.45) is 15.3. The topological polar surface area (TPSA) is 152 Å². The third-order valence-electron chi connectivity index (χ3n) is 7.88. The number of hydrogen-bond donors (Lipinski definition) is 4. The maximum atomic E-state index is 12.6. The lowest BCUT2D eigenvalue weighted by atomic mass is 9.99. The Morgan fingerprint density at radius 2 is 1.25 bits per heavy atom. The molecule has 0 aromatic rings. The van der Waals surface area contributed by atoms with Crippen LogP contribution in [0.2, 0.25) is 0 Å². The summed E-state index contributed by atoms with van der Waals surface area (Å²) < 4.78 is 21.9. The van der Waals surface area contributed by atoms with Crippen LogP contribution in [0.15, 0.2) is 12.2 Å². The van der Waals surface area contributed by atoms with Crippen LogP contribution in [0.5, 0.6) is 0 Å². The molecule has 10 heteroatoms. The van der Waals surface area contributed by atoms with Gasteiger partial charge in [0.2, 0.25) is 0 Å². The molecule has 1 heterocycles. The zero-order valence-corrected chi connectivity index (χ0v) is 27.4. The number of aliphatic hydroxyl groups excluding tert-OH is 4. The molecule has 0 amide bonds. The number of ether oxygens (including phenoxy) is 4. The van der Waals surface area contributed by atoms with Gasteiger partial charge in [-0.25, -0.2) is 0 Å². The predicted molar refractivity (Wildman–Crippen MR) is 169 cm³/mol. The number of rotatable bonds is 27. The van der Waals surface area contributed by atoms with Crippen LogP contribution in [0.3, 0.4) is 0 Å². The van der Waals surface area contributed by atoms with Gasteiger partial charge >= 0.3 is 11.9 Å². The summed E-state index contributed by atoms with van der Waals surface area (Å²) in [6, 6.07) is 0. The molecule has 44 heavy (non-hydrogen) atoms. The van der Waals surface area contributed by atoms with Gasteiger partial charge in [-0.15, -0.1) is 0 Å². The van der Waals surface area contributed by atoms with Gasteiger partial charge in [0.15, 0.2) is 12.4 Å². The summed E-state index contributed by atoms with van der Waals surface area (Å²) in [5, 5.41) is 39.7. The molecule has 10 nitrogen and oxygen atoms in total. The van der Waals surface area contributed by atoms with Gasteiger partial charge in [-0.1, -0.05) is 103 Å². The van der Waals surface area contributed by atoms with Crippen LogP contribution in [0.1, 0.15) is 136 Å². The van der Waals surface area contributed by atoms with E-state index in [1.807, 2.05) is 0 Å². The molecule has 0 aromatic heterocycles. The van der Waals surface area contributed by atoms with Crippen molar-refractivity contribution in [3.8, 4) is 0 Å². The van der Waals surface area contributed by atoms with Crippen molar-refractivity contribution in [2.45, 2.75) is 173 Å². The van der Waals surface area contributed by atoms with Crippen LogP contribution in [0.4, 0.5) is 0 Å². The van der Waals surface area contributed by atoms with Gasteiger partial charge in [-0.05, 0) is 32.1 Å². The molecular formula is C34H62O10. The zero-order chi connectivity index (χ0) is 32.4. The quantitative estimate of drug-likeness (QED) is 0.0537. The average molecular weight is 631 g/mol. The van der Waals surface area contributed by atoms with E-state index in [0.717, 1.165) is 64.2 Å². The average Bonchev–Trinajstić information content (AvgIpc) is 3.02. The second kappa shape index (κ2) is 26.6. The second-order valence-electron chi connectivity index (χ2n) is 12.0. The molecule has 0 bridgehead atoms. The van der Waals surface area contributed by atoms with E-state index in [4.69, 9.17) is 18.9 Å². The Morgan fingerprint density at radius 3 is 1.86 bits per heavy atom. The van der Waals surface area contributed by atoms with Crippen molar-refractivity contribution in [2.75, 3.05) is 19.8 Å². The van der Waals surface area contributed by atoms with E-state index in [0.29, 0.717) is 6.42 Å². The van der Waals surface area contributed by atoms with Crippen molar-refractivity contribution in [3.05, 3.63) is 12.2 Å². The Hall–Kier alpha value is -1.56. The lowest BCUT2D eigenvalue weighted by Gasteiger charge is -2.39. The summed E-state index contributed by atoms with van der Waals surface area (Å²) in [5.41, 5.74) is 0. The number of hydrogen-bond acceptors (Lipinski definition) is 10. The number of unbranched alkanes of at least 4 members (excludes halogenated alkanes) is 14. The number of carbonyl (C=O) groups is 2. The molecule has 1 aliphatic rings. The van der Waals surface area contributed by atoms with Gasteiger partial charge in [0.25, 0.3) is 0 Å². The first-order valence-corrected chi connectivity index (χ1v) is 17.3. The Labute approximate surface area is 265 Å². The third-order valence-corrected chi connectivity index (χ3v) is 7.88. The number of allylic oxidation sites excluding steroid dienone is 2. The summed E-state index contributed by atoms with van der Waals surface area (Å²) in [7, 11) is 0. The smallest absolute Gasteiger partial charge is 0.306 e. The fourth-order valence-corrected chi connectivity index (χ4v) is 5.07. The molecule has 258 valence electrons. The van der Waals surface area contributed by atoms with Crippen molar-refractivity contribution in [1.82, 2.24) is 0 Å². The van der Waals surface area contributed by atoms with Crippen LogP contribution in [0.25, 0.3) is 0 Å². The Morgan fingerprint density at radius 1 is 0.682 bits per heavy atom. The predicted octanol–water partition coefficient (Wildman–Crippen LogP) is 5.27. The molecule has 6 unspecified atom stereocenters. The molecular weight excluding hydrogens is 568 g/mol. The Bertz CT molecular complexity index is 744. The van der Waals surface area contributed by atoms with Gasteiger partial charge in [0.05, 0.1) is 13.2 Å². The highest BCUT2D eigenvalue weighted by atomic mass is 16.7. The van der Waals surface area contributed by atoms with Crippen LogP contribution in [0, 0.1) is 0 Å². The van der Waals surface area contributed by atoms with Crippen molar-refractivity contribution >= 4 is 11.9 Å². The van der Waals surface area contributed by atoms with E-state index < -0.39 is 49.4 Å². The first-order chi connectivity index (χ1) is 21.3. The molecule has 0 aromatic carbocycles. The molecule has 4 N–H and O–H groups in total. The summed E-state index contributed by atoms with van der Waals surface area (Å²) in [5.74, 6) is -0.823. The molecule has 6 atom stereocenters. The van der Waals surface area contributed by atoms with Crippen LogP contribution < -0.4 is 0 Å². The summed E-state index contributed by atoms with van der Waals surface area (Å²) in [4.78, 5) is 25.0. The monoisotopic (exact) mass is 630 g/mol. The Kier molecular flexibility index (Phi) is 24.5. The fraction of sp³-hybridized carbons (Fsp3) is 0.882. The highest BCUT2D eigenvalue weighted by Crippen LogP contribution is 2.22. The minimum Gasteiger partial charge on any atom is -0.462 e. The highest BCUT2D eigenvalue weighted by Gasteiger charge is 2.44. The zero-order valence-electron chi connectivity index (χ0n) is 27.4. The van der Waals surface area contributed by atoms with Crippen LogP contribution in [-0.2, 0) is 28.5 Å². The lowest BCUT2D eigenvalue weighted by Crippen LogP contribution is -2.59. The van der Waals surface area contributed by atoms with Crippen molar-refractivity contribution < 1.29 is 49.0 Å². The number of carbonyl (C=O) groups excluding carboxylic acids is 2. The highest BCUT2D eigenvalue weighted by molar-refractivity contribution is 5.70. The number of esters is 2. The molecule has 1 fully saturated rings. The second-order valence-corrected chi connectivity index (χ2v) is 12.0. The molecule has 1 rings (SSSR count). The van der Waals surface area contributed by atoms with Crippen molar-refractivity contribution in [2.24, 2.45) is 0 Å². The van der Waals surface area contributed by atoms with E-state index in [1.165, 1.54) is 38.5 Å². The SMILES string of the molecule is CCC/C=C\CCCCCCCC(=O)OC(COC(=O)CCCCCCCCCCC)COC1OC(CO)C(O)C(O)C1O. The molecule has 1 saturated heterocycles. The van der Waals surface area contributed by atoms with Crippen molar-refractivity contribution in [3.63, 3.8) is 0 Å². The first kappa shape index (κ1) is 40.5. The first-order valence-electron chi connectivity index (χ1n) is 17.3. The molecule has 0 saturated carbocycles. The minimum absolute atomic E-state index is 0.217. The molecule has 0 spiro atoms.